The molecule has 20 heavy (non-hydrogen) atoms. The largest absolute Gasteiger partial charge is 0.497 e. The van der Waals surface area contributed by atoms with Gasteiger partial charge in [-0.1, -0.05) is 23.7 Å². The average molecular weight is 291 g/mol. The van der Waals surface area contributed by atoms with Crippen molar-refractivity contribution in [1.82, 2.24) is 0 Å². The number of aryl methyl sites for hydroxylation is 1. The summed E-state index contributed by atoms with van der Waals surface area (Å²) in [4.78, 5) is 11.7. The lowest BCUT2D eigenvalue weighted by Gasteiger charge is -2.05. The third-order valence-corrected chi connectivity index (χ3v) is 3.07. The molecule has 0 spiro atoms. The van der Waals surface area contributed by atoms with Gasteiger partial charge in [0.05, 0.1) is 7.11 Å². The first-order valence-electron chi connectivity index (χ1n) is 6.26. The Hall–Kier alpha value is -2.00. The van der Waals surface area contributed by atoms with Gasteiger partial charge in [-0.05, 0) is 48.4 Å². The maximum Gasteiger partial charge on any atom is 0.311 e. The third kappa shape index (κ3) is 4.28. The summed E-state index contributed by atoms with van der Waals surface area (Å²) in [6.45, 7) is 0. The van der Waals surface area contributed by atoms with Crippen molar-refractivity contribution in [3.63, 3.8) is 0 Å². The maximum atomic E-state index is 11.7. The molecule has 104 valence electrons. The normalized spacial score (nSPS) is 10.1. The summed E-state index contributed by atoms with van der Waals surface area (Å²) in [5.74, 6) is 0.989. The number of halogens is 1. The molecule has 0 atom stereocenters. The zero-order valence-corrected chi connectivity index (χ0v) is 11.9. The number of rotatable bonds is 5. The Morgan fingerprint density at radius 2 is 1.60 bits per heavy atom. The van der Waals surface area contributed by atoms with Crippen LogP contribution in [-0.4, -0.2) is 13.1 Å². The van der Waals surface area contributed by atoms with Crippen molar-refractivity contribution in [3.8, 4) is 11.5 Å². The fourth-order valence-corrected chi connectivity index (χ4v) is 1.85. The van der Waals surface area contributed by atoms with Crippen molar-refractivity contribution in [2.45, 2.75) is 12.8 Å². The fraction of sp³-hybridized carbons (Fsp3) is 0.188. The number of benzene rings is 2. The summed E-state index contributed by atoms with van der Waals surface area (Å²) in [6, 6.07) is 14.4. The Bertz CT molecular complexity index is 561. The van der Waals surface area contributed by atoms with E-state index in [1.165, 1.54) is 0 Å². The van der Waals surface area contributed by atoms with Crippen molar-refractivity contribution >= 4 is 17.6 Å². The van der Waals surface area contributed by atoms with Gasteiger partial charge in [-0.25, -0.2) is 0 Å². The minimum absolute atomic E-state index is 0.259. The Morgan fingerprint density at radius 3 is 2.20 bits per heavy atom. The second kappa shape index (κ2) is 6.96. The predicted octanol–water partition coefficient (Wildman–Crippen LogP) is 3.89. The molecule has 0 aliphatic heterocycles. The molecule has 4 heteroatoms. The van der Waals surface area contributed by atoms with E-state index in [2.05, 4.69) is 0 Å². The molecular weight excluding hydrogens is 276 g/mol. The van der Waals surface area contributed by atoms with Crippen LogP contribution in [0, 0.1) is 0 Å². The molecule has 0 fully saturated rings. The Balaban J connectivity index is 1.84. The minimum Gasteiger partial charge on any atom is -0.497 e. The smallest absolute Gasteiger partial charge is 0.311 e. The first kappa shape index (κ1) is 14.4. The van der Waals surface area contributed by atoms with E-state index in [1.54, 1.807) is 31.4 Å². The lowest BCUT2D eigenvalue weighted by Crippen LogP contribution is -2.08. The van der Waals surface area contributed by atoms with Crippen molar-refractivity contribution < 1.29 is 14.3 Å². The van der Waals surface area contributed by atoms with Gasteiger partial charge in [0.25, 0.3) is 0 Å². The number of carbonyl (C=O) groups is 1. The maximum absolute atomic E-state index is 11.7. The summed E-state index contributed by atoms with van der Waals surface area (Å²) in [6.07, 6.45) is 0.958. The van der Waals surface area contributed by atoms with Crippen LogP contribution in [0.15, 0.2) is 48.5 Å². The zero-order chi connectivity index (χ0) is 14.4. The molecule has 0 amide bonds. The molecule has 0 aromatic heterocycles. The predicted molar refractivity (Wildman–Crippen MR) is 78.4 cm³/mol. The summed E-state index contributed by atoms with van der Waals surface area (Å²) >= 11 is 5.80. The van der Waals surface area contributed by atoms with Crippen molar-refractivity contribution in [3.05, 3.63) is 59.1 Å². The lowest BCUT2D eigenvalue weighted by atomic mass is 10.1. The van der Waals surface area contributed by atoms with Crippen LogP contribution in [-0.2, 0) is 11.2 Å². The fourth-order valence-electron chi connectivity index (χ4n) is 1.72. The van der Waals surface area contributed by atoms with Crippen LogP contribution in [0.25, 0.3) is 0 Å². The van der Waals surface area contributed by atoms with Crippen LogP contribution < -0.4 is 9.47 Å². The van der Waals surface area contributed by atoms with E-state index in [0.717, 1.165) is 11.3 Å². The van der Waals surface area contributed by atoms with Crippen LogP contribution in [0.5, 0.6) is 11.5 Å². The molecule has 0 saturated carbocycles. The Labute approximate surface area is 123 Å². The van der Waals surface area contributed by atoms with Gasteiger partial charge in [0.1, 0.15) is 11.5 Å². The van der Waals surface area contributed by atoms with Gasteiger partial charge in [0.15, 0.2) is 0 Å². The van der Waals surface area contributed by atoms with Crippen LogP contribution in [0.3, 0.4) is 0 Å². The van der Waals surface area contributed by atoms with Gasteiger partial charge >= 0.3 is 5.97 Å². The lowest BCUT2D eigenvalue weighted by molar-refractivity contribution is -0.134. The van der Waals surface area contributed by atoms with Gasteiger partial charge in [-0.2, -0.15) is 0 Å². The first-order valence-corrected chi connectivity index (χ1v) is 6.64. The minimum atomic E-state index is -0.259. The van der Waals surface area contributed by atoms with Gasteiger partial charge in [0.2, 0.25) is 0 Å². The Morgan fingerprint density at radius 1 is 1.00 bits per heavy atom. The summed E-state index contributed by atoms with van der Waals surface area (Å²) in [5.41, 5.74) is 1.06. The molecule has 2 aromatic rings. The molecule has 3 nitrogen and oxygen atoms in total. The molecular formula is C16H15ClO3. The molecule has 0 aliphatic carbocycles. The molecule has 2 aromatic carbocycles. The molecule has 0 saturated heterocycles. The first-order chi connectivity index (χ1) is 9.67. The molecule has 2 rings (SSSR count). The highest BCUT2D eigenvalue weighted by molar-refractivity contribution is 6.30. The monoisotopic (exact) mass is 290 g/mol. The van der Waals surface area contributed by atoms with Crippen LogP contribution >= 0.6 is 11.6 Å². The third-order valence-electron chi connectivity index (χ3n) is 2.82. The van der Waals surface area contributed by atoms with Crippen LogP contribution in [0.1, 0.15) is 12.0 Å². The molecule has 0 aliphatic rings. The average Bonchev–Trinajstić information content (AvgIpc) is 2.47. The summed E-state index contributed by atoms with van der Waals surface area (Å²) in [7, 11) is 1.59. The number of methoxy groups -OCH3 is 1. The number of hydrogen-bond donors (Lipinski definition) is 0. The van der Waals surface area contributed by atoms with Gasteiger partial charge < -0.3 is 9.47 Å². The van der Waals surface area contributed by atoms with E-state index in [1.807, 2.05) is 24.3 Å². The van der Waals surface area contributed by atoms with E-state index in [4.69, 9.17) is 21.1 Å². The second-order valence-corrected chi connectivity index (χ2v) is 4.71. The topological polar surface area (TPSA) is 35.5 Å². The molecule has 0 radical (unpaired) electrons. The van der Waals surface area contributed by atoms with Crippen LogP contribution in [0.2, 0.25) is 5.02 Å². The van der Waals surface area contributed by atoms with Crippen molar-refractivity contribution in [2.24, 2.45) is 0 Å². The van der Waals surface area contributed by atoms with Crippen molar-refractivity contribution in [2.75, 3.05) is 7.11 Å². The summed E-state index contributed by atoms with van der Waals surface area (Å²) in [5, 5.41) is 0.689. The van der Waals surface area contributed by atoms with E-state index < -0.39 is 0 Å². The highest BCUT2D eigenvalue weighted by Gasteiger charge is 2.06. The quantitative estimate of drug-likeness (QED) is 0.619. The standard InChI is InChI=1S/C16H15ClO3/c1-19-14-7-9-15(10-8-14)20-16(18)11-4-12-2-5-13(17)6-3-12/h2-3,5-10H,4,11H2,1H3. The SMILES string of the molecule is COc1ccc(OC(=O)CCc2ccc(Cl)cc2)cc1. The van der Waals surface area contributed by atoms with Crippen LogP contribution in [0.4, 0.5) is 0 Å². The highest BCUT2D eigenvalue weighted by atomic mass is 35.5. The number of esters is 1. The molecule has 0 unspecified atom stereocenters. The van der Waals surface area contributed by atoms with Gasteiger partial charge in [-0.3, -0.25) is 4.79 Å². The summed E-state index contributed by atoms with van der Waals surface area (Å²) < 4.78 is 10.3. The number of ether oxygens (including phenoxy) is 2. The van der Waals surface area contributed by atoms with E-state index in [0.29, 0.717) is 23.6 Å². The molecule has 0 heterocycles. The number of carbonyl (C=O) groups excluding carboxylic acids is 1. The van der Waals surface area contributed by atoms with E-state index in [9.17, 15) is 4.79 Å². The van der Waals surface area contributed by atoms with Gasteiger partial charge in [-0.15, -0.1) is 0 Å². The van der Waals surface area contributed by atoms with E-state index >= 15 is 0 Å². The van der Waals surface area contributed by atoms with E-state index in [-0.39, 0.29) is 5.97 Å². The zero-order valence-electron chi connectivity index (χ0n) is 11.1. The second-order valence-electron chi connectivity index (χ2n) is 4.28. The Kier molecular flexibility index (Phi) is 5.02. The highest BCUT2D eigenvalue weighted by Crippen LogP contribution is 2.18. The van der Waals surface area contributed by atoms with Crippen molar-refractivity contribution in [1.29, 1.82) is 0 Å². The number of hydrogen-bond acceptors (Lipinski definition) is 3. The molecule has 0 N–H and O–H groups in total. The molecule has 0 bridgehead atoms. The van der Waals surface area contributed by atoms with Gasteiger partial charge in [0, 0.05) is 11.4 Å².